The minimum Gasteiger partial charge on any atom is -0.436 e. The van der Waals surface area contributed by atoms with Crippen molar-refractivity contribution >= 4 is 17.4 Å². The Morgan fingerprint density at radius 3 is 2.89 bits per heavy atom. The van der Waals surface area contributed by atoms with Gasteiger partial charge < -0.3 is 15.2 Å². The second-order valence-corrected chi connectivity index (χ2v) is 4.04. The van der Waals surface area contributed by atoms with E-state index in [0.29, 0.717) is 5.82 Å². The number of benzene rings is 1. The molecule has 1 aromatic heterocycles. The number of aromatic nitrogens is 2. The fraction of sp³-hybridized carbons (Fsp3) is 0.167. The number of halogens is 2. The van der Waals surface area contributed by atoms with Gasteiger partial charge in [-0.15, -0.1) is 0 Å². The highest BCUT2D eigenvalue weighted by molar-refractivity contribution is 6.30. The summed E-state index contributed by atoms with van der Waals surface area (Å²) in [5.41, 5.74) is 5.60. The summed E-state index contributed by atoms with van der Waals surface area (Å²) in [6, 6.07) is 5.82. The number of nitrogen functional groups attached to an aromatic ring is 1. The Morgan fingerprint density at radius 2 is 2.16 bits per heavy atom. The van der Waals surface area contributed by atoms with Crippen LogP contribution in [0.4, 0.5) is 10.2 Å². The maximum atomic E-state index is 13.7. The molecule has 1 aromatic carbocycles. The zero-order valence-corrected chi connectivity index (χ0v) is 10.8. The summed E-state index contributed by atoms with van der Waals surface area (Å²) < 4.78 is 23.9. The number of hydrogen-bond acceptors (Lipinski definition) is 5. The van der Waals surface area contributed by atoms with Gasteiger partial charge in [-0.05, 0) is 12.1 Å². The highest BCUT2D eigenvalue weighted by Gasteiger charge is 2.10. The van der Waals surface area contributed by atoms with Crippen LogP contribution >= 0.6 is 11.6 Å². The fourth-order valence-corrected chi connectivity index (χ4v) is 1.58. The maximum absolute atomic E-state index is 13.7. The zero-order valence-electron chi connectivity index (χ0n) is 10.1. The average Bonchev–Trinajstić information content (AvgIpc) is 2.35. The zero-order chi connectivity index (χ0) is 13.8. The normalized spacial score (nSPS) is 10.5. The first kappa shape index (κ1) is 13.5. The van der Waals surface area contributed by atoms with E-state index in [9.17, 15) is 4.39 Å². The summed E-state index contributed by atoms with van der Waals surface area (Å²) in [5.74, 6) is -0.0104. The van der Waals surface area contributed by atoms with Gasteiger partial charge in [0.15, 0.2) is 17.4 Å². The fourth-order valence-electron chi connectivity index (χ4n) is 1.41. The smallest absolute Gasteiger partial charge is 0.224 e. The Morgan fingerprint density at radius 1 is 1.37 bits per heavy atom. The van der Waals surface area contributed by atoms with Crippen molar-refractivity contribution in [2.24, 2.45) is 0 Å². The Kier molecular flexibility index (Phi) is 4.13. The number of anilines is 1. The SMILES string of the molecule is COCc1nc(N)cc(Oc2cccc(Cl)c2F)n1. The maximum Gasteiger partial charge on any atom is 0.224 e. The van der Waals surface area contributed by atoms with E-state index < -0.39 is 5.82 Å². The van der Waals surface area contributed by atoms with Crippen LogP contribution in [0.5, 0.6) is 11.6 Å². The van der Waals surface area contributed by atoms with Crippen molar-refractivity contribution in [1.29, 1.82) is 0 Å². The molecule has 2 rings (SSSR count). The predicted octanol–water partition coefficient (Wildman–Crippen LogP) is 2.79. The first-order valence-corrected chi connectivity index (χ1v) is 5.72. The molecule has 0 unspecified atom stereocenters. The van der Waals surface area contributed by atoms with E-state index in [1.807, 2.05) is 0 Å². The van der Waals surface area contributed by atoms with Gasteiger partial charge in [-0.25, -0.2) is 9.37 Å². The second kappa shape index (κ2) is 5.81. The number of nitrogens with two attached hydrogens (primary N) is 1. The van der Waals surface area contributed by atoms with Crippen molar-refractivity contribution in [2.75, 3.05) is 12.8 Å². The average molecular weight is 284 g/mol. The molecule has 0 aliphatic heterocycles. The summed E-state index contributed by atoms with van der Waals surface area (Å²) in [7, 11) is 1.50. The van der Waals surface area contributed by atoms with Crippen LogP contribution in [-0.4, -0.2) is 17.1 Å². The van der Waals surface area contributed by atoms with Crippen LogP contribution in [0.25, 0.3) is 0 Å². The predicted molar refractivity (Wildman–Crippen MR) is 68.6 cm³/mol. The molecular formula is C12H11ClFN3O2. The number of hydrogen-bond donors (Lipinski definition) is 1. The molecule has 100 valence electrons. The molecule has 0 radical (unpaired) electrons. The van der Waals surface area contributed by atoms with Gasteiger partial charge in [0.25, 0.3) is 0 Å². The highest BCUT2D eigenvalue weighted by Crippen LogP contribution is 2.28. The summed E-state index contributed by atoms with van der Waals surface area (Å²) in [6.07, 6.45) is 0. The topological polar surface area (TPSA) is 70.3 Å². The molecule has 0 spiro atoms. The molecule has 5 nitrogen and oxygen atoms in total. The van der Waals surface area contributed by atoms with Gasteiger partial charge >= 0.3 is 0 Å². The van der Waals surface area contributed by atoms with Crippen molar-refractivity contribution in [1.82, 2.24) is 9.97 Å². The summed E-state index contributed by atoms with van der Waals surface area (Å²) >= 11 is 5.66. The monoisotopic (exact) mass is 283 g/mol. The van der Waals surface area contributed by atoms with Gasteiger partial charge in [0.05, 0.1) is 5.02 Å². The number of ether oxygens (including phenoxy) is 2. The lowest BCUT2D eigenvalue weighted by molar-refractivity contribution is 0.177. The Hall–Kier alpha value is -1.92. The molecule has 1 heterocycles. The minimum atomic E-state index is -0.658. The van der Waals surface area contributed by atoms with Gasteiger partial charge in [-0.2, -0.15) is 4.98 Å². The molecule has 0 atom stereocenters. The molecule has 7 heteroatoms. The van der Waals surface area contributed by atoms with Gasteiger partial charge in [-0.3, -0.25) is 0 Å². The van der Waals surface area contributed by atoms with Crippen molar-refractivity contribution in [3.63, 3.8) is 0 Å². The van der Waals surface area contributed by atoms with Crippen LogP contribution in [0.3, 0.4) is 0 Å². The van der Waals surface area contributed by atoms with E-state index in [4.69, 9.17) is 26.8 Å². The number of methoxy groups -OCH3 is 1. The van der Waals surface area contributed by atoms with E-state index in [2.05, 4.69) is 9.97 Å². The van der Waals surface area contributed by atoms with Crippen LogP contribution in [0.1, 0.15) is 5.82 Å². The van der Waals surface area contributed by atoms with E-state index in [1.165, 1.54) is 25.3 Å². The molecule has 0 saturated carbocycles. The van der Waals surface area contributed by atoms with E-state index >= 15 is 0 Å². The lowest BCUT2D eigenvalue weighted by atomic mass is 10.3. The first-order chi connectivity index (χ1) is 9.10. The third kappa shape index (κ3) is 3.30. The van der Waals surface area contributed by atoms with E-state index in [-0.39, 0.29) is 29.1 Å². The lowest BCUT2D eigenvalue weighted by Crippen LogP contribution is -2.03. The molecule has 0 amide bonds. The van der Waals surface area contributed by atoms with Crippen LogP contribution in [0.15, 0.2) is 24.3 Å². The lowest BCUT2D eigenvalue weighted by Gasteiger charge is -2.08. The molecule has 0 aliphatic rings. The largest absolute Gasteiger partial charge is 0.436 e. The first-order valence-electron chi connectivity index (χ1n) is 5.34. The Labute approximate surface area is 114 Å². The molecule has 0 aliphatic carbocycles. The molecule has 0 saturated heterocycles. The molecule has 2 aromatic rings. The van der Waals surface area contributed by atoms with Crippen molar-refractivity contribution < 1.29 is 13.9 Å². The Balaban J connectivity index is 2.30. The van der Waals surface area contributed by atoms with Crippen molar-refractivity contribution in [2.45, 2.75) is 6.61 Å². The van der Waals surface area contributed by atoms with Crippen molar-refractivity contribution in [3.05, 3.63) is 40.9 Å². The second-order valence-electron chi connectivity index (χ2n) is 3.63. The number of nitrogens with zero attached hydrogens (tertiary/aromatic N) is 2. The highest BCUT2D eigenvalue weighted by atomic mass is 35.5. The molecule has 19 heavy (non-hydrogen) atoms. The van der Waals surface area contributed by atoms with Gasteiger partial charge in [0, 0.05) is 13.2 Å². The van der Waals surface area contributed by atoms with Gasteiger partial charge in [-0.1, -0.05) is 17.7 Å². The molecule has 2 N–H and O–H groups in total. The van der Waals surface area contributed by atoms with E-state index in [0.717, 1.165) is 0 Å². The standard InChI is InChI=1S/C12H11ClFN3O2/c1-18-6-10-16-9(15)5-11(17-10)19-8-4-2-3-7(13)12(8)14/h2-5H,6H2,1H3,(H2,15,16,17). The van der Waals surface area contributed by atoms with Crippen LogP contribution in [-0.2, 0) is 11.3 Å². The quantitative estimate of drug-likeness (QED) is 0.934. The van der Waals surface area contributed by atoms with Crippen LogP contribution in [0, 0.1) is 5.82 Å². The summed E-state index contributed by atoms with van der Waals surface area (Å²) in [5, 5.41) is -0.0309. The third-order valence-corrected chi connectivity index (χ3v) is 2.46. The van der Waals surface area contributed by atoms with Crippen LogP contribution in [0.2, 0.25) is 5.02 Å². The molecule has 0 fully saturated rings. The molecule has 0 bridgehead atoms. The molecular weight excluding hydrogens is 273 g/mol. The minimum absolute atomic E-state index is 0.0309. The summed E-state index contributed by atoms with van der Waals surface area (Å²) in [4.78, 5) is 7.99. The third-order valence-electron chi connectivity index (χ3n) is 2.17. The Bertz CT molecular complexity index is 595. The van der Waals surface area contributed by atoms with E-state index in [1.54, 1.807) is 6.07 Å². The van der Waals surface area contributed by atoms with Gasteiger partial charge in [0.1, 0.15) is 12.4 Å². The van der Waals surface area contributed by atoms with Crippen LogP contribution < -0.4 is 10.5 Å². The summed E-state index contributed by atoms with van der Waals surface area (Å²) in [6.45, 7) is 0.180. The van der Waals surface area contributed by atoms with Gasteiger partial charge in [0.2, 0.25) is 5.88 Å². The number of rotatable bonds is 4. The van der Waals surface area contributed by atoms with Crippen molar-refractivity contribution in [3.8, 4) is 11.6 Å².